The van der Waals surface area contributed by atoms with E-state index in [1.807, 2.05) is 32.0 Å². The van der Waals surface area contributed by atoms with Crippen LogP contribution in [0.25, 0.3) is 0 Å². The molecule has 1 aliphatic carbocycles. The van der Waals surface area contributed by atoms with Crippen LogP contribution in [0.5, 0.6) is 0 Å². The van der Waals surface area contributed by atoms with Crippen molar-refractivity contribution in [3.8, 4) is 0 Å². The second kappa shape index (κ2) is 6.72. The molecule has 0 atom stereocenters. The van der Waals surface area contributed by atoms with E-state index >= 15 is 0 Å². The lowest BCUT2D eigenvalue weighted by molar-refractivity contribution is 0.311. The van der Waals surface area contributed by atoms with Crippen LogP contribution in [0.15, 0.2) is 18.2 Å². The monoisotopic (exact) mass is 332 g/mol. The predicted octanol–water partition coefficient (Wildman–Crippen LogP) is 3.77. The number of aliphatic hydroxyl groups is 1. The molecular weight excluding hydrogens is 312 g/mol. The first-order valence-corrected chi connectivity index (χ1v) is 8.22. The summed E-state index contributed by atoms with van der Waals surface area (Å²) in [5, 5.41) is 16.2. The summed E-state index contributed by atoms with van der Waals surface area (Å²) < 4.78 is 0. The summed E-state index contributed by atoms with van der Waals surface area (Å²) in [6, 6.07) is 5.88. The molecule has 3 rings (SSSR count). The van der Waals surface area contributed by atoms with Crippen molar-refractivity contribution in [2.24, 2.45) is 0 Å². The molecule has 2 aromatic rings. The van der Waals surface area contributed by atoms with Gasteiger partial charge >= 0.3 is 0 Å². The molecule has 0 bridgehead atoms. The van der Waals surface area contributed by atoms with Gasteiger partial charge in [-0.15, -0.1) is 0 Å². The molecule has 1 heterocycles. The SMILES string of the molecule is Cc1cc(Cl)cc(C)c1Nc1cc(C2CC2)nc(NCCO)n1. The molecule has 1 aromatic carbocycles. The second-order valence-electron chi connectivity index (χ2n) is 5.97. The number of aromatic nitrogens is 2. The molecule has 0 aliphatic heterocycles. The molecule has 1 saturated carbocycles. The Bertz CT molecular complexity index is 693. The molecule has 6 heteroatoms. The van der Waals surface area contributed by atoms with E-state index in [9.17, 15) is 0 Å². The largest absolute Gasteiger partial charge is 0.395 e. The normalized spacial score (nSPS) is 13.9. The van der Waals surface area contributed by atoms with Crippen molar-refractivity contribution < 1.29 is 5.11 Å². The minimum Gasteiger partial charge on any atom is -0.395 e. The molecule has 122 valence electrons. The van der Waals surface area contributed by atoms with Crippen molar-refractivity contribution in [1.29, 1.82) is 0 Å². The van der Waals surface area contributed by atoms with Crippen LogP contribution >= 0.6 is 11.6 Å². The molecule has 0 spiro atoms. The van der Waals surface area contributed by atoms with Crippen LogP contribution in [0, 0.1) is 13.8 Å². The average Bonchev–Trinajstić information content (AvgIpc) is 3.33. The van der Waals surface area contributed by atoms with Crippen LogP contribution in [0.3, 0.4) is 0 Å². The highest BCUT2D eigenvalue weighted by Gasteiger charge is 2.26. The highest BCUT2D eigenvalue weighted by atomic mass is 35.5. The molecule has 3 N–H and O–H groups in total. The van der Waals surface area contributed by atoms with Crippen LogP contribution in [0.2, 0.25) is 5.02 Å². The zero-order chi connectivity index (χ0) is 16.4. The van der Waals surface area contributed by atoms with E-state index < -0.39 is 0 Å². The van der Waals surface area contributed by atoms with Gasteiger partial charge in [0, 0.05) is 29.2 Å². The fourth-order valence-electron chi connectivity index (χ4n) is 2.60. The average molecular weight is 333 g/mol. The molecule has 1 aliphatic rings. The van der Waals surface area contributed by atoms with Crippen LogP contribution in [-0.2, 0) is 0 Å². The molecule has 0 unspecified atom stereocenters. The summed E-state index contributed by atoms with van der Waals surface area (Å²) in [7, 11) is 0. The molecule has 0 radical (unpaired) electrons. The van der Waals surface area contributed by atoms with Gasteiger partial charge in [-0.1, -0.05) is 11.6 Å². The molecule has 1 aromatic heterocycles. The Hall–Kier alpha value is -1.85. The first-order chi connectivity index (χ1) is 11.1. The Morgan fingerprint density at radius 2 is 1.87 bits per heavy atom. The molecule has 1 fully saturated rings. The van der Waals surface area contributed by atoms with Gasteiger partial charge in [-0.3, -0.25) is 0 Å². The van der Waals surface area contributed by atoms with Crippen LogP contribution in [0.4, 0.5) is 17.5 Å². The van der Waals surface area contributed by atoms with Gasteiger partial charge in [0.2, 0.25) is 5.95 Å². The highest BCUT2D eigenvalue weighted by molar-refractivity contribution is 6.30. The summed E-state index contributed by atoms with van der Waals surface area (Å²) in [5.74, 6) is 1.84. The third kappa shape index (κ3) is 3.92. The van der Waals surface area contributed by atoms with Gasteiger partial charge in [0.05, 0.1) is 12.3 Å². The van der Waals surface area contributed by atoms with Crippen LogP contribution in [0.1, 0.15) is 35.6 Å². The second-order valence-corrected chi connectivity index (χ2v) is 6.40. The van der Waals surface area contributed by atoms with Gasteiger partial charge in [0.1, 0.15) is 5.82 Å². The van der Waals surface area contributed by atoms with Crippen molar-refractivity contribution in [2.45, 2.75) is 32.6 Å². The van der Waals surface area contributed by atoms with E-state index in [4.69, 9.17) is 16.7 Å². The number of aliphatic hydroxyl groups excluding tert-OH is 1. The summed E-state index contributed by atoms with van der Waals surface area (Å²) in [6.07, 6.45) is 2.35. The number of hydrogen-bond acceptors (Lipinski definition) is 5. The van der Waals surface area contributed by atoms with E-state index in [-0.39, 0.29) is 6.61 Å². The first kappa shape index (κ1) is 16.0. The molecule has 23 heavy (non-hydrogen) atoms. The maximum atomic E-state index is 8.98. The maximum absolute atomic E-state index is 8.98. The van der Waals surface area contributed by atoms with E-state index in [2.05, 4.69) is 20.6 Å². The number of halogens is 1. The molecule has 5 nitrogen and oxygen atoms in total. The smallest absolute Gasteiger partial charge is 0.224 e. The Kier molecular flexibility index (Phi) is 4.68. The topological polar surface area (TPSA) is 70.1 Å². The standard InChI is InChI=1S/C17H21ClN4O/c1-10-7-13(18)8-11(2)16(10)21-15-9-14(12-3-4-12)20-17(22-15)19-5-6-23/h7-9,12,23H,3-6H2,1-2H3,(H2,19,20,21,22). The Labute approximate surface area is 141 Å². The van der Waals surface area contributed by atoms with Crippen molar-refractivity contribution in [3.63, 3.8) is 0 Å². The lowest BCUT2D eigenvalue weighted by Gasteiger charge is -2.14. The molecule has 0 saturated heterocycles. The number of benzene rings is 1. The lowest BCUT2D eigenvalue weighted by atomic mass is 10.1. The van der Waals surface area contributed by atoms with Crippen LogP contribution in [-0.4, -0.2) is 28.2 Å². The predicted molar refractivity (Wildman–Crippen MR) is 93.8 cm³/mol. The summed E-state index contributed by atoms with van der Waals surface area (Å²) in [5.41, 5.74) is 4.22. The lowest BCUT2D eigenvalue weighted by Crippen LogP contribution is -2.11. The zero-order valence-electron chi connectivity index (χ0n) is 13.4. The fraction of sp³-hybridized carbons (Fsp3) is 0.412. The van der Waals surface area contributed by atoms with Gasteiger partial charge in [0.25, 0.3) is 0 Å². The van der Waals surface area contributed by atoms with E-state index in [1.165, 1.54) is 12.8 Å². The highest BCUT2D eigenvalue weighted by Crippen LogP contribution is 2.40. The number of nitrogens with one attached hydrogen (secondary N) is 2. The van der Waals surface area contributed by atoms with Gasteiger partial charge in [-0.05, 0) is 49.9 Å². The van der Waals surface area contributed by atoms with Gasteiger partial charge in [0.15, 0.2) is 0 Å². The van der Waals surface area contributed by atoms with Crippen molar-refractivity contribution in [1.82, 2.24) is 9.97 Å². The Morgan fingerprint density at radius 1 is 1.17 bits per heavy atom. The third-order valence-corrected chi connectivity index (χ3v) is 4.11. The number of aryl methyl sites for hydroxylation is 2. The van der Waals surface area contributed by atoms with Gasteiger partial charge in [-0.25, -0.2) is 4.98 Å². The number of anilines is 3. The third-order valence-electron chi connectivity index (χ3n) is 3.89. The number of nitrogens with zero attached hydrogens (tertiary/aromatic N) is 2. The number of rotatable bonds is 6. The minimum absolute atomic E-state index is 0.0508. The summed E-state index contributed by atoms with van der Waals surface area (Å²) in [4.78, 5) is 9.04. The minimum atomic E-state index is 0.0508. The van der Waals surface area contributed by atoms with E-state index in [0.29, 0.717) is 18.4 Å². The first-order valence-electron chi connectivity index (χ1n) is 7.84. The van der Waals surface area contributed by atoms with E-state index in [1.54, 1.807) is 0 Å². The summed E-state index contributed by atoms with van der Waals surface area (Å²) >= 11 is 6.10. The van der Waals surface area contributed by atoms with Crippen LogP contribution < -0.4 is 10.6 Å². The Balaban J connectivity index is 1.91. The molecule has 0 amide bonds. The molecular formula is C17H21ClN4O. The van der Waals surface area contributed by atoms with Gasteiger partial charge < -0.3 is 15.7 Å². The Morgan fingerprint density at radius 3 is 2.48 bits per heavy atom. The van der Waals surface area contributed by atoms with E-state index in [0.717, 1.165) is 33.3 Å². The summed E-state index contributed by atoms with van der Waals surface area (Å²) in [6.45, 7) is 4.53. The van der Waals surface area contributed by atoms with Crippen molar-refractivity contribution >= 4 is 29.1 Å². The van der Waals surface area contributed by atoms with Crippen molar-refractivity contribution in [3.05, 3.63) is 40.0 Å². The zero-order valence-corrected chi connectivity index (χ0v) is 14.1. The quantitative estimate of drug-likeness (QED) is 0.751. The van der Waals surface area contributed by atoms with Gasteiger partial charge in [-0.2, -0.15) is 4.98 Å². The number of hydrogen-bond donors (Lipinski definition) is 3. The fourth-order valence-corrected chi connectivity index (χ4v) is 2.93. The maximum Gasteiger partial charge on any atom is 0.224 e. The van der Waals surface area contributed by atoms with Crippen molar-refractivity contribution in [2.75, 3.05) is 23.8 Å².